The fraction of sp³-hybridized carbons (Fsp3) is 0.238. The number of fused-ring (bicyclic) bond motifs is 1. The van der Waals surface area contributed by atoms with Crippen molar-refractivity contribution in [3.63, 3.8) is 0 Å². The van der Waals surface area contributed by atoms with Gasteiger partial charge in [-0.1, -0.05) is 18.2 Å². The SMILES string of the molecule is COc1ccc2c(C)cc(SCC(=O)Nc3c(C)cccc3C)[nH+]c2c1. The molecule has 3 rings (SSSR count). The average Bonchev–Trinajstić information content (AvgIpc) is 2.62. The molecule has 0 bridgehead atoms. The van der Waals surface area contributed by atoms with E-state index in [1.165, 1.54) is 17.3 Å². The molecule has 1 amide bonds. The van der Waals surface area contributed by atoms with E-state index in [1.807, 2.05) is 50.2 Å². The van der Waals surface area contributed by atoms with Crippen LogP contribution in [0.4, 0.5) is 5.69 Å². The van der Waals surface area contributed by atoms with Crippen molar-refractivity contribution >= 4 is 34.3 Å². The molecule has 0 radical (unpaired) electrons. The van der Waals surface area contributed by atoms with Gasteiger partial charge >= 0.3 is 0 Å². The standard InChI is InChI=1S/C21H22N2O2S/c1-13-6-5-7-14(2)21(13)23-19(24)12-26-20-10-15(3)17-9-8-16(25-4)11-18(17)22-20/h5-11H,12H2,1-4H3,(H,23,24)/p+1. The molecule has 0 saturated heterocycles. The summed E-state index contributed by atoms with van der Waals surface area (Å²) in [5.41, 5.74) is 5.22. The van der Waals surface area contributed by atoms with Crippen molar-refractivity contribution in [3.05, 3.63) is 59.2 Å². The number of amides is 1. The number of hydrogen-bond donors (Lipinski definition) is 1. The molecule has 0 atom stereocenters. The van der Waals surface area contributed by atoms with Gasteiger partial charge < -0.3 is 10.1 Å². The molecule has 2 N–H and O–H groups in total. The van der Waals surface area contributed by atoms with Gasteiger partial charge in [0.05, 0.1) is 18.9 Å². The van der Waals surface area contributed by atoms with Gasteiger partial charge in [0.15, 0.2) is 0 Å². The topological polar surface area (TPSA) is 52.5 Å². The second-order valence-electron chi connectivity index (χ2n) is 6.33. The number of carbonyl (C=O) groups excluding carboxylic acids is 1. The lowest BCUT2D eigenvalue weighted by Gasteiger charge is -2.10. The number of aromatic amines is 1. The molecule has 0 spiro atoms. The number of benzene rings is 2. The molecule has 0 fully saturated rings. The van der Waals surface area contributed by atoms with E-state index in [-0.39, 0.29) is 5.91 Å². The Labute approximate surface area is 158 Å². The highest BCUT2D eigenvalue weighted by molar-refractivity contribution is 7.99. The molecular formula is C21H23N2O2S+. The zero-order valence-electron chi connectivity index (χ0n) is 15.5. The number of methoxy groups -OCH3 is 1. The van der Waals surface area contributed by atoms with Crippen LogP contribution in [0.1, 0.15) is 16.7 Å². The number of nitrogens with one attached hydrogen (secondary N) is 2. The van der Waals surface area contributed by atoms with Crippen molar-refractivity contribution in [1.82, 2.24) is 0 Å². The summed E-state index contributed by atoms with van der Waals surface area (Å²) in [5.74, 6) is 1.14. The Morgan fingerprint density at radius 1 is 1.08 bits per heavy atom. The van der Waals surface area contributed by atoms with Gasteiger partial charge in [-0.05, 0) is 61.4 Å². The summed E-state index contributed by atoms with van der Waals surface area (Å²) in [4.78, 5) is 15.8. The monoisotopic (exact) mass is 367 g/mol. The van der Waals surface area contributed by atoms with Crippen LogP contribution < -0.4 is 15.0 Å². The molecule has 0 aliphatic carbocycles. The molecule has 0 aliphatic rings. The summed E-state index contributed by atoms with van der Waals surface area (Å²) >= 11 is 1.49. The Hall–Kier alpha value is -2.53. The quantitative estimate of drug-likeness (QED) is 0.683. The highest BCUT2D eigenvalue weighted by atomic mass is 32.2. The third kappa shape index (κ3) is 3.99. The van der Waals surface area contributed by atoms with Gasteiger partial charge in [0.2, 0.25) is 16.4 Å². The number of aryl methyl sites for hydroxylation is 3. The van der Waals surface area contributed by atoms with Gasteiger partial charge in [0, 0.05) is 17.1 Å². The minimum atomic E-state index is -0.0100. The first-order valence-electron chi connectivity index (χ1n) is 8.47. The molecule has 1 heterocycles. The number of carbonyl (C=O) groups is 1. The summed E-state index contributed by atoms with van der Waals surface area (Å²) < 4.78 is 5.30. The molecule has 3 aromatic rings. The van der Waals surface area contributed by atoms with Crippen LogP contribution in [0.25, 0.3) is 10.9 Å². The molecule has 0 unspecified atom stereocenters. The number of pyridine rings is 1. The van der Waals surface area contributed by atoms with E-state index in [0.717, 1.165) is 38.5 Å². The third-order valence-electron chi connectivity index (χ3n) is 4.36. The Bertz CT molecular complexity index is 949. The second kappa shape index (κ2) is 7.79. The second-order valence-corrected chi connectivity index (χ2v) is 7.35. The van der Waals surface area contributed by atoms with Crippen LogP contribution in [0.15, 0.2) is 47.5 Å². The fourth-order valence-corrected chi connectivity index (χ4v) is 3.75. The molecule has 4 nitrogen and oxygen atoms in total. The zero-order valence-corrected chi connectivity index (χ0v) is 16.3. The van der Waals surface area contributed by atoms with Gasteiger partial charge in [-0.3, -0.25) is 4.79 Å². The van der Waals surface area contributed by atoms with Crippen molar-refractivity contribution in [2.45, 2.75) is 25.8 Å². The maximum Gasteiger partial charge on any atom is 0.239 e. The Kier molecular flexibility index (Phi) is 5.47. The minimum absolute atomic E-state index is 0.0100. The third-order valence-corrected chi connectivity index (χ3v) is 5.30. The van der Waals surface area contributed by atoms with Crippen molar-refractivity contribution in [2.24, 2.45) is 0 Å². The number of rotatable bonds is 5. The number of aromatic nitrogens is 1. The average molecular weight is 367 g/mol. The smallest absolute Gasteiger partial charge is 0.239 e. The molecule has 26 heavy (non-hydrogen) atoms. The van der Waals surface area contributed by atoms with Crippen LogP contribution >= 0.6 is 11.8 Å². The lowest BCUT2D eigenvalue weighted by Crippen LogP contribution is -2.17. The molecular weight excluding hydrogens is 344 g/mol. The summed E-state index contributed by atoms with van der Waals surface area (Å²) in [6, 6.07) is 14.0. The number of anilines is 1. The Morgan fingerprint density at radius 3 is 2.50 bits per heavy atom. The summed E-state index contributed by atoms with van der Waals surface area (Å²) in [6.07, 6.45) is 0. The predicted octanol–water partition coefficient (Wildman–Crippen LogP) is 4.32. The summed E-state index contributed by atoms with van der Waals surface area (Å²) in [6.45, 7) is 6.08. The van der Waals surface area contributed by atoms with E-state index in [9.17, 15) is 4.79 Å². The Balaban J connectivity index is 1.74. The zero-order chi connectivity index (χ0) is 18.7. The van der Waals surface area contributed by atoms with Crippen molar-refractivity contribution < 1.29 is 14.5 Å². The van der Waals surface area contributed by atoms with Crippen LogP contribution in [0, 0.1) is 20.8 Å². The first kappa shape index (κ1) is 18.3. The number of para-hydroxylation sites is 1. The molecule has 0 aliphatic heterocycles. The van der Waals surface area contributed by atoms with E-state index in [4.69, 9.17) is 4.74 Å². The van der Waals surface area contributed by atoms with Crippen molar-refractivity contribution in [2.75, 3.05) is 18.2 Å². The lowest BCUT2D eigenvalue weighted by atomic mass is 10.1. The summed E-state index contributed by atoms with van der Waals surface area (Å²) in [7, 11) is 1.66. The number of H-pyrrole nitrogens is 1. The van der Waals surface area contributed by atoms with Gasteiger partial charge in [-0.2, -0.15) is 4.98 Å². The lowest BCUT2D eigenvalue weighted by molar-refractivity contribution is -0.395. The maximum absolute atomic E-state index is 12.4. The van der Waals surface area contributed by atoms with Gasteiger partial charge in [-0.15, -0.1) is 0 Å². The molecule has 0 saturated carbocycles. The largest absolute Gasteiger partial charge is 0.497 e. The van der Waals surface area contributed by atoms with Crippen LogP contribution in [-0.2, 0) is 4.79 Å². The van der Waals surface area contributed by atoms with E-state index >= 15 is 0 Å². The van der Waals surface area contributed by atoms with Crippen LogP contribution in [-0.4, -0.2) is 18.8 Å². The predicted molar refractivity (Wildman–Crippen MR) is 107 cm³/mol. The first-order chi connectivity index (χ1) is 12.5. The number of ether oxygens (including phenoxy) is 1. The van der Waals surface area contributed by atoms with Crippen LogP contribution in [0.3, 0.4) is 0 Å². The van der Waals surface area contributed by atoms with E-state index < -0.39 is 0 Å². The molecule has 134 valence electrons. The van der Waals surface area contributed by atoms with E-state index in [2.05, 4.69) is 23.3 Å². The molecule has 2 aromatic carbocycles. The number of thioether (sulfide) groups is 1. The normalized spacial score (nSPS) is 10.8. The van der Waals surface area contributed by atoms with Crippen molar-refractivity contribution in [1.29, 1.82) is 0 Å². The molecule has 1 aromatic heterocycles. The Morgan fingerprint density at radius 2 is 1.81 bits per heavy atom. The van der Waals surface area contributed by atoms with Gasteiger partial charge in [-0.25, -0.2) is 0 Å². The number of hydrogen-bond acceptors (Lipinski definition) is 3. The highest BCUT2D eigenvalue weighted by Crippen LogP contribution is 2.24. The van der Waals surface area contributed by atoms with E-state index in [0.29, 0.717) is 5.75 Å². The van der Waals surface area contributed by atoms with Crippen LogP contribution in [0.2, 0.25) is 0 Å². The van der Waals surface area contributed by atoms with Gasteiger partial charge in [0.25, 0.3) is 0 Å². The van der Waals surface area contributed by atoms with Crippen LogP contribution in [0.5, 0.6) is 5.75 Å². The molecule has 5 heteroatoms. The summed E-state index contributed by atoms with van der Waals surface area (Å²) in [5, 5.41) is 5.13. The van der Waals surface area contributed by atoms with Gasteiger partial charge in [0.1, 0.15) is 5.75 Å². The fourth-order valence-electron chi connectivity index (χ4n) is 2.95. The van der Waals surface area contributed by atoms with E-state index in [1.54, 1.807) is 7.11 Å². The minimum Gasteiger partial charge on any atom is -0.497 e. The van der Waals surface area contributed by atoms with Crippen molar-refractivity contribution in [3.8, 4) is 5.75 Å². The first-order valence-corrected chi connectivity index (χ1v) is 9.46. The maximum atomic E-state index is 12.4. The highest BCUT2D eigenvalue weighted by Gasteiger charge is 2.14.